The number of nitrogens with one attached hydrogen (secondary N) is 2. The van der Waals surface area contributed by atoms with E-state index in [1.165, 1.54) is 4.90 Å². The van der Waals surface area contributed by atoms with E-state index in [-0.39, 0.29) is 30.4 Å². The maximum Gasteiger partial charge on any atom is 0.317 e. The van der Waals surface area contributed by atoms with Gasteiger partial charge < -0.3 is 20.4 Å². The first-order valence-corrected chi connectivity index (χ1v) is 9.30. The Morgan fingerprint density at radius 3 is 2.84 bits per heavy atom. The number of thioether (sulfide) groups is 1. The van der Waals surface area contributed by atoms with Gasteiger partial charge in [0.1, 0.15) is 6.04 Å². The fourth-order valence-electron chi connectivity index (χ4n) is 3.05. The first kappa shape index (κ1) is 17.6. The Kier molecular flexibility index (Phi) is 5.47. The summed E-state index contributed by atoms with van der Waals surface area (Å²) >= 11 is 1.70. The Balaban J connectivity index is 1.44. The van der Waals surface area contributed by atoms with E-state index in [4.69, 9.17) is 0 Å². The van der Waals surface area contributed by atoms with Crippen LogP contribution in [0.15, 0.2) is 35.2 Å². The number of carbonyl (C=O) groups is 3. The van der Waals surface area contributed by atoms with Gasteiger partial charge in [0.05, 0.1) is 12.6 Å². The standard InChI is InChI=1S/C17H22N4O3S/c1-20(7-8-25-13-5-3-2-4-6-13)17(24)19-12-9-14-16(23)18-10-15(22)21(14)11-12/h2-6,12,14H,7-11H2,1H3,(H,18,23)(H,19,24)/t12-,14+/m1/s1. The summed E-state index contributed by atoms with van der Waals surface area (Å²) in [6, 6.07) is 9.23. The van der Waals surface area contributed by atoms with Gasteiger partial charge in [-0.3, -0.25) is 9.59 Å². The van der Waals surface area contributed by atoms with Crippen LogP contribution in [0, 0.1) is 0 Å². The number of fused-ring (bicyclic) bond motifs is 1. The minimum atomic E-state index is -0.453. The lowest BCUT2D eigenvalue weighted by atomic mass is 10.1. The molecule has 2 N–H and O–H groups in total. The number of hydrogen-bond donors (Lipinski definition) is 2. The number of hydrogen-bond acceptors (Lipinski definition) is 4. The molecule has 1 aromatic rings. The molecule has 0 unspecified atom stereocenters. The summed E-state index contributed by atoms with van der Waals surface area (Å²) in [6.07, 6.45) is 0.468. The lowest BCUT2D eigenvalue weighted by Crippen LogP contribution is -2.55. The topological polar surface area (TPSA) is 81.8 Å². The first-order chi connectivity index (χ1) is 12.0. The summed E-state index contributed by atoms with van der Waals surface area (Å²) in [6.45, 7) is 1.06. The average Bonchev–Trinajstić information content (AvgIpc) is 3.04. The predicted octanol–water partition coefficient (Wildman–Crippen LogP) is 0.519. The van der Waals surface area contributed by atoms with Crippen molar-refractivity contribution < 1.29 is 14.4 Å². The highest BCUT2D eigenvalue weighted by molar-refractivity contribution is 7.99. The second kappa shape index (κ2) is 7.77. The Bertz CT molecular complexity index is 631. The summed E-state index contributed by atoms with van der Waals surface area (Å²) in [4.78, 5) is 40.4. The van der Waals surface area contributed by atoms with Crippen LogP contribution < -0.4 is 10.6 Å². The maximum absolute atomic E-state index is 12.3. The van der Waals surface area contributed by atoms with Crippen LogP contribution in [-0.2, 0) is 9.59 Å². The van der Waals surface area contributed by atoms with E-state index in [1.807, 2.05) is 30.3 Å². The number of carbonyl (C=O) groups excluding carboxylic acids is 3. The van der Waals surface area contributed by atoms with E-state index in [0.29, 0.717) is 19.5 Å². The highest BCUT2D eigenvalue weighted by Gasteiger charge is 2.42. The molecule has 2 atom stereocenters. The van der Waals surface area contributed by atoms with Crippen molar-refractivity contribution in [2.75, 3.05) is 32.4 Å². The maximum atomic E-state index is 12.3. The molecule has 2 aliphatic rings. The third-order valence-corrected chi connectivity index (χ3v) is 5.44. The monoisotopic (exact) mass is 362 g/mol. The van der Waals surface area contributed by atoms with E-state index in [9.17, 15) is 14.4 Å². The van der Waals surface area contributed by atoms with Crippen LogP contribution in [0.4, 0.5) is 4.79 Å². The Hall–Kier alpha value is -2.22. The quantitative estimate of drug-likeness (QED) is 0.749. The molecule has 3 rings (SSSR count). The summed E-state index contributed by atoms with van der Waals surface area (Å²) in [5, 5.41) is 5.52. The molecule has 2 saturated heterocycles. The Labute approximate surface area is 151 Å². The smallest absolute Gasteiger partial charge is 0.317 e. The number of amides is 4. The predicted molar refractivity (Wildman–Crippen MR) is 95.2 cm³/mol. The van der Waals surface area contributed by atoms with E-state index in [1.54, 1.807) is 28.6 Å². The summed E-state index contributed by atoms with van der Waals surface area (Å²) in [7, 11) is 1.75. The van der Waals surface area contributed by atoms with Gasteiger partial charge in [-0.05, 0) is 18.6 Å². The molecular weight excluding hydrogens is 340 g/mol. The molecular formula is C17H22N4O3S. The van der Waals surface area contributed by atoms with Crippen LogP contribution in [0.25, 0.3) is 0 Å². The lowest BCUT2D eigenvalue weighted by Gasteiger charge is -2.28. The van der Waals surface area contributed by atoms with E-state index < -0.39 is 6.04 Å². The molecule has 0 saturated carbocycles. The fourth-order valence-corrected chi connectivity index (χ4v) is 4.00. The van der Waals surface area contributed by atoms with Crippen molar-refractivity contribution in [2.24, 2.45) is 0 Å². The van der Waals surface area contributed by atoms with Crippen molar-refractivity contribution in [1.29, 1.82) is 0 Å². The van der Waals surface area contributed by atoms with Gasteiger partial charge in [0.2, 0.25) is 11.8 Å². The SMILES string of the molecule is CN(CCSc1ccccc1)C(=O)N[C@@H]1C[C@H]2C(=O)NCC(=O)N2C1. The molecule has 134 valence electrons. The summed E-state index contributed by atoms with van der Waals surface area (Å²) in [5.41, 5.74) is 0. The molecule has 1 aromatic carbocycles. The van der Waals surface area contributed by atoms with Crippen molar-refractivity contribution in [2.45, 2.75) is 23.4 Å². The number of urea groups is 1. The molecule has 0 aliphatic carbocycles. The van der Waals surface area contributed by atoms with Crippen LogP contribution in [0.2, 0.25) is 0 Å². The van der Waals surface area contributed by atoms with Gasteiger partial charge in [-0.15, -0.1) is 11.8 Å². The van der Waals surface area contributed by atoms with Crippen molar-refractivity contribution in [3.8, 4) is 0 Å². The minimum Gasteiger partial charge on any atom is -0.345 e. The average molecular weight is 362 g/mol. The van der Waals surface area contributed by atoms with Gasteiger partial charge in [0.25, 0.3) is 0 Å². The fraction of sp³-hybridized carbons (Fsp3) is 0.471. The zero-order chi connectivity index (χ0) is 17.8. The Morgan fingerprint density at radius 1 is 1.36 bits per heavy atom. The number of nitrogens with zero attached hydrogens (tertiary/aromatic N) is 2. The molecule has 0 bridgehead atoms. The number of rotatable bonds is 5. The van der Waals surface area contributed by atoms with Gasteiger partial charge in [0.15, 0.2) is 0 Å². The molecule has 0 spiro atoms. The molecule has 4 amide bonds. The zero-order valence-electron chi connectivity index (χ0n) is 14.1. The van der Waals surface area contributed by atoms with Crippen molar-refractivity contribution in [3.05, 3.63) is 30.3 Å². The van der Waals surface area contributed by atoms with Crippen LogP contribution in [0.3, 0.4) is 0 Å². The van der Waals surface area contributed by atoms with E-state index in [2.05, 4.69) is 10.6 Å². The lowest BCUT2D eigenvalue weighted by molar-refractivity contribution is -0.143. The molecule has 7 nitrogen and oxygen atoms in total. The first-order valence-electron chi connectivity index (χ1n) is 8.31. The third-order valence-electron chi connectivity index (χ3n) is 4.45. The summed E-state index contributed by atoms with van der Waals surface area (Å²) in [5.74, 6) is 0.576. The van der Waals surface area contributed by atoms with Crippen LogP contribution in [0.1, 0.15) is 6.42 Å². The van der Waals surface area contributed by atoms with Crippen molar-refractivity contribution in [1.82, 2.24) is 20.4 Å². The molecule has 2 heterocycles. The van der Waals surface area contributed by atoms with E-state index in [0.717, 1.165) is 5.75 Å². The van der Waals surface area contributed by atoms with Crippen LogP contribution >= 0.6 is 11.8 Å². The minimum absolute atomic E-state index is 0.0482. The Morgan fingerprint density at radius 2 is 2.12 bits per heavy atom. The molecule has 8 heteroatoms. The van der Waals surface area contributed by atoms with Crippen LogP contribution in [0.5, 0.6) is 0 Å². The second-order valence-electron chi connectivity index (χ2n) is 6.24. The molecule has 25 heavy (non-hydrogen) atoms. The highest BCUT2D eigenvalue weighted by Crippen LogP contribution is 2.21. The number of piperazine rings is 1. The van der Waals surface area contributed by atoms with Crippen LogP contribution in [-0.4, -0.2) is 72.2 Å². The zero-order valence-corrected chi connectivity index (χ0v) is 14.9. The van der Waals surface area contributed by atoms with Crippen molar-refractivity contribution >= 4 is 29.6 Å². The normalized spacial score (nSPS) is 22.4. The van der Waals surface area contributed by atoms with Gasteiger partial charge in [0, 0.05) is 30.8 Å². The second-order valence-corrected chi connectivity index (χ2v) is 7.41. The molecule has 2 fully saturated rings. The van der Waals surface area contributed by atoms with Gasteiger partial charge in [-0.25, -0.2) is 4.79 Å². The third kappa shape index (κ3) is 4.25. The number of benzene rings is 1. The molecule has 2 aliphatic heterocycles. The van der Waals surface area contributed by atoms with Gasteiger partial charge in [-0.2, -0.15) is 0 Å². The largest absolute Gasteiger partial charge is 0.345 e. The molecule has 0 aromatic heterocycles. The van der Waals surface area contributed by atoms with Gasteiger partial charge >= 0.3 is 6.03 Å². The van der Waals surface area contributed by atoms with E-state index >= 15 is 0 Å². The molecule has 0 radical (unpaired) electrons. The van der Waals surface area contributed by atoms with Crippen molar-refractivity contribution in [3.63, 3.8) is 0 Å². The summed E-state index contributed by atoms with van der Waals surface area (Å²) < 4.78 is 0. The highest BCUT2D eigenvalue weighted by atomic mass is 32.2. The van der Waals surface area contributed by atoms with Gasteiger partial charge in [-0.1, -0.05) is 18.2 Å².